The molecule has 0 radical (unpaired) electrons. The first kappa shape index (κ1) is 12.1. The van der Waals surface area contributed by atoms with Crippen LogP contribution in [-0.2, 0) is 0 Å². The van der Waals surface area contributed by atoms with Crippen LogP contribution in [0.3, 0.4) is 0 Å². The highest BCUT2D eigenvalue weighted by Crippen LogP contribution is 2.19. The molecule has 0 spiro atoms. The van der Waals surface area contributed by atoms with Gasteiger partial charge in [-0.1, -0.05) is 57.9 Å². The third-order valence-corrected chi connectivity index (χ3v) is 3.60. The Balaban J connectivity index is 2.37. The lowest BCUT2D eigenvalue weighted by molar-refractivity contribution is 0.103. The summed E-state index contributed by atoms with van der Waals surface area (Å²) in [6.45, 7) is 4.01. The Morgan fingerprint density at radius 2 is 1.53 bits per heavy atom. The zero-order valence-electron chi connectivity index (χ0n) is 9.83. The summed E-state index contributed by atoms with van der Waals surface area (Å²) in [6, 6.07) is 13.3. The minimum atomic E-state index is 0.0608. The zero-order valence-corrected chi connectivity index (χ0v) is 11.4. The van der Waals surface area contributed by atoms with Gasteiger partial charge in [0.15, 0.2) is 5.78 Å². The van der Waals surface area contributed by atoms with Gasteiger partial charge in [-0.25, -0.2) is 0 Å². The molecular weight excluding hydrogens is 276 g/mol. The van der Waals surface area contributed by atoms with E-state index in [9.17, 15) is 4.79 Å². The highest BCUT2D eigenvalue weighted by Gasteiger charge is 2.09. The number of carbonyl (C=O) groups excluding carboxylic acids is 1. The molecule has 2 heteroatoms. The van der Waals surface area contributed by atoms with Crippen LogP contribution in [-0.4, -0.2) is 5.78 Å². The van der Waals surface area contributed by atoms with Gasteiger partial charge in [0.2, 0.25) is 0 Å². The van der Waals surface area contributed by atoms with Gasteiger partial charge in [-0.2, -0.15) is 0 Å². The smallest absolute Gasteiger partial charge is 0.193 e. The first-order chi connectivity index (χ1) is 8.08. The van der Waals surface area contributed by atoms with Crippen molar-refractivity contribution >= 4 is 21.7 Å². The minimum Gasteiger partial charge on any atom is -0.289 e. The second-order valence-corrected chi connectivity index (χ2v) is 5.01. The van der Waals surface area contributed by atoms with Crippen molar-refractivity contribution in [1.82, 2.24) is 0 Å². The van der Waals surface area contributed by atoms with Crippen molar-refractivity contribution < 1.29 is 4.79 Å². The molecule has 17 heavy (non-hydrogen) atoms. The Morgan fingerprint density at radius 1 is 0.941 bits per heavy atom. The van der Waals surface area contributed by atoms with Gasteiger partial charge in [-0.3, -0.25) is 4.79 Å². The molecule has 0 saturated heterocycles. The maximum atomic E-state index is 12.2. The van der Waals surface area contributed by atoms with E-state index in [0.717, 1.165) is 21.2 Å². The molecule has 2 rings (SSSR count). The van der Waals surface area contributed by atoms with Gasteiger partial charge in [-0.05, 0) is 25.5 Å². The number of halogens is 1. The monoisotopic (exact) mass is 288 g/mol. The quantitative estimate of drug-likeness (QED) is 0.753. The average Bonchev–Trinajstić information content (AvgIpc) is 2.33. The molecule has 2 aromatic rings. The average molecular weight is 289 g/mol. The molecule has 0 unspecified atom stereocenters. The Kier molecular flexibility index (Phi) is 3.43. The van der Waals surface area contributed by atoms with Crippen molar-refractivity contribution in [3.8, 4) is 0 Å². The van der Waals surface area contributed by atoms with Crippen molar-refractivity contribution in [2.45, 2.75) is 13.8 Å². The van der Waals surface area contributed by atoms with Gasteiger partial charge < -0.3 is 0 Å². The second-order valence-electron chi connectivity index (χ2n) is 4.16. The topological polar surface area (TPSA) is 17.1 Å². The number of hydrogen-bond acceptors (Lipinski definition) is 1. The van der Waals surface area contributed by atoms with E-state index in [1.54, 1.807) is 0 Å². The van der Waals surface area contributed by atoms with Gasteiger partial charge >= 0.3 is 0 Å². The number of benzene rings is 2. The lowest BCUT2D eigenvalue weighted by Crippen LogP contribution is -2.01. The standard InChI is InChI=1S/C15H13BrO/c1-10-3-6-12(7-4-10)15(17)13-8-5-11(2)14(16)9-13/h3-9H,1-2H3. The lowest BCUT2D eigenvalue weighted by Gasteiger charge is -2.04. The molecular formula is C15H13BrO. The fraction of sp³-hybridized carbons (Fsp3) is 0.133. The van der Waals surface area contributed by atoms with Gasteiger partial charge in [0.1, 0.15) is 0 Å². The predicted molar refractivity (Wildman–Crippen MR) is 73.5 cm³/mol. The van der Waals surface area contributed by atoms with E-state index in [-0.39, 0.29) is 5.78 Å². The molecule has 0 bridgehead atoms. The number of ketones is 1. The molecule has 0 aliphatic carbocycles. The molecule has 0 heterocycles. The number of rotatable bonds is 2. The highest BCUT2D eigenvalue weighted by atomic mass is 79.9. The Labute approximate surface area is 110 Å². The summed E-state index contributed by atoms with van der Waals surface area (Å²) in [4.78, 5) is 12.2. The molecule has 0 saturated carbocycles. The number of carbonyl (C=O) groups is 1. The third-order valence-electron chi connectivity index (χ3n) is 2.75. The summed E-state index contributed by atoms with van der Waals surface area (Å²) in [6.07, 6.45) is 0. The molecule has 2 aromatic carbocycles. The van der Waals surface area contributed by atoms with Crippen LogP contribution in [0.25, 0.3) is 0 Å². The first-order valence-corrected chi connectivity index (χ1v) is 6.25. The summed E-state index contributed by atoms with van der Waals surface area (Å²) < 4.78 is 0.968. The van der Waals surface area contributed by atoms with Crippen LogP contribution in [0, 0.1) is 13.8 Å². The molecule has 1 nitrogen and oxygen atoms in total. The molecule has 0 atom stereocenters. The summed E-state index contributed by atoms with van der Waals surface area (Å²) in [5.74, 6) is 0.0608. The summed E-state index contributed by atoms with van der Waals surface area (Å²) in [7, 11) is 0. The van der Waals surface area contributed by atoms with E-state index >= 15 is 0 Å². The molecule has 0 fully saturated rings. The first-order valence-electron chi connectivity index (χ1n) is 5.45. The Hall–Kier alpha value is -1.41. The number of aryl methyl sites for hydroxylation is 2. The summed E-state index contributed by atoms with van der Waals surface area (Å²) in [5, 5.41) is 0. The van der Waals surface area contributed by atoms with Crippen molar-refractivity contribution in [3.05, 3.63) is 69.2 Å². The largest absolute Gasteiger partial charge is 0.289 e. The SMILES string of the molecule is Cc1ccc(C(=O)c2ccc(C)c(Br)c2)cc1. The molecule has 0 N–H and O–H groups in total. The number of hydrogen-bond donors (Lipinski definition) is 0. The molecule has 0 amide bonds. The van der Waals surface area contributed by atoms with E-state index < -0.39 is 0 Å². The second kappa shape index (κ2) is 4.84. The third kappa shape index (κ3) is 2.64. The van der Waals surface area contributed by atoms with Gasteiger partial charge in [0, 0.05) is 15.6 Å². The van der Waals surface area contributed by atoms with Crippen LogP contribution in [0.1, 0.15) is 27.0 Å². The minimum absolute atomic E-state index is 0.0608. The van der Waals surface area contributed by atoms with E-state index in [0.29, 0.717) is 5.56 Å². The summed E-state index contributed by atoms with van der Waals surface area (Å²) in [5.41, 5.74) is 3.73. The van der Waals surface area contributed by atoms with E-state index in [1.165, 1.54) is 0 Å². The molecule has 0 aliphatic heterocycles. The fourth-order valence-electron chi connectivity index (χ4n) is 1.61. The van der Waals surface area contributed by atoms with Crippen LogP contribution in [0.15, 0.2) is 46.9 Å². The van der Waals surface area contributed by atoms with Gasteiger partial charge in [-0.15, -0.1) is 0 Å². The van der Waals surface area contributed by atoms with Crippen LogP contribution >= 0.6 is 15.9 Å². The van der Waals surface area contributed by atoms with E-state index in [2.05, 4.69) is 15.9 Å². The van der Waals surface area contributed by atoms with E-state index in [4.69, 9.17) is 0 Å². The maximum Gasteiger partial charge on any atom is 0.193 e. The Bertz CT molecular complexity index is 556. The normalized spacial score (nSPS) is 10.3. The van der Waals surface area contributed by atoms with Crippen molar-refractivity contribution in [2.24, 2.45) is 0 Å². The predicted octanol–water partition coefficient (Wildman–Crippen LogP) is 4.30. The highest BCUT2D eigenvalue weighted by molar-refractivity contribution is 9.10. The summed E-state index contributed by atoms with van der Waals surface area (Å²) >= 11 is 3.45. The molecule has 0 aromatic heterocycles. The van der Waals surface area contributed by atoms with Crippen molar-refractivity contribution in [2.75, 3.05) is 0 Å². The Morgan fingerprint density at radius 3 is 2.12 bits per heavy atom. The van der Waals surface area contributed by atoms with Crippen LogP contribution in [0.2, 0.25) is 0 Å². The van der Waals surface area contributed by atoms with E-state index in [1.807, 2.05) is 56.3 Å². The van der Waals surface area contributed by atoms with Crippen LogP contribution < -0.4 is 0 Å². The van der Waals surface area contributed by atoms with Crippen LogP contribution in [0.5, 0.6) is 0 Å². The fourth-order valence-corrected chi connectivity index (χ4v) is 1.98. The zero-order chi connectivity index (χ0) is 12.4. The lowest BCUT2D eigenvalue weighted by atomic mass is 10.0. The molecule has 0 aliphatic rings. The van der Waals surface area contributed by atoms with Gasteiger partial charge in [0.25, 0.3) is 0 Å². The molecule has 86 valence electrons. The van der Waals surface area contributed by atoms with Crippen molar-refractivity contribution in [1.29, 1.82) is 0 Å². The maximum absolute atomic E-state index is 12.2. The van der Waals surface area contributed by atoms with Gasteiger partial charge in [0.05, 0.1) is 0 Å². The van der Waals surface area contributed by atoms with Crippen molar-refractivity contribution in [3.63, 3.8) is 0 Å². The van der Waals surface area contributed by atoms with Crippen LogP contribution in [0.4, 0.5) is 0 Å².